The van der Waals surface area contributed by atoms with Gasteiger partial charge in [-0.3, -0.25) is 4.79 Å². The van der Waals surface area contributed by atoms with E-state index in [0.29, 0.717) is 5.69 Å². The van der Waals surface area contributed by atoms with Crippen LogP contribution >= 0.6 is 0 Å². The molecule has 0 saturated heterocycles. The molecule has 1 heterocycles. The van der Waals surface area contributed by atoms with Crippen molar-refractivity contribution in [2.45, 2.75) is 26.3 Å². The normalized spacial score (nSPS) is 12.2. The highest BCUT2D eigenvalue weighted by molar-refractivity contribution is 5.96. The molecular weight excluding hydrogens is 259 g/mol. The molecule has 1 unspecified atom stereocenters. The lowest BCUT2D eigenvalue weighted by molar-refractivity contribution is -0.118. The fraction of sp³-hybridized carbons (Fsp3) is 0.286. The molecule has 0 aliphatic rings. The molecule has 0 spiro atoms. The molecule has 106 valence electrons. The maximum atomic E-state index is 13.0. The first-order valence-corrected chi connectivity index (χ1v) is 6.40. The average Bonchev–Trinajstić information content (AvgIpc) is 2.89. The maximum Gasteiger partial charge on any atom is 0.247 e. The second-order valence-electron chi connectivity index (χ2n) is 4.50. The molecule has 0 saturated carbocycles. The number of anilines is 2. The first-order valence-electron chi connectivity index (χ1n) is 6.40. The summed E-state index contributed by atoms with van der Waals surface area (Å²) in [5.41, 5.74) is 6.28. The Morgan fingerprint density at radius 1 is 1.55 bits per heavy atom. The van der Waals surface area contributed by atoms with Crippen LogP contribution in [-0.2, 0) is 11.2 Å². The van der Waals surface area contributed by atoms with E-state index in [9.17, 15) is 9.18 Å². The van der Waals surface area contributed by atoms with E-state index < -0.39 is 11.9 Å². The molecule has 20 heavy (non-hydrogen) atoms. The number of hydrogen-bond donors (Lipinski definition) is 2. The van der Waals surface area contributed by atoms with E-state index >= 15 is 0 Å². The van der Waals surface area contributed by atoms with Crippen molar-refractivity contribution in [1.29, 1.82) is 0 Å². The molecule has 0 fully saturated rings. The summed E-state index contributed by atoms with van der Waals surface area (Å²) in [6.45, 7) is 3.75. The van der Waals surface area contributed by atoms with Crippen molar-refractivity contribution < 1.29 is 9.18 Å². The second kappa shape index (κ2) is 5.73. The summed E-state index contributed by atoms with van der Waals surface area (Å²) in [6, 6.07) is 3.46. The van der Waals surface area contributed by atoms with Crippen LogP contribution in [0.5, 0.6) is 0 Å². The summed E-state index contributed by atoms with van der Waals surface area (Å²) < 4.78 is 14.8. The molecule has 0 radical (unpaired) electrons. The Morgan fingerprint density at radius 3 is 2.95 bits per heavy atom. The minimum atomic E-state index is -0.434. The highest BCUT2D eigenvalue weighted by Gasteiger charge is 2.18. The number of carbonyl (C=O) groups excluding carboxylic acids is 1. The minimum absolute atomic E-state index is 0.201. The highest BCUT2D eigenvalue weighted by atomic mass is 19.1. The molecule has 0 bridgehead atoms. The lowest BCUT2D eigenvalue weighted by Crippen LogP contribution is -2.25. The zero-order valence-electron chi connectivity index (χ0n) is 11.4. The molecule has 2 aromatic rings. The fourth-order valence-electron chi connectivity index (χ4n) is 1.98. The first kappa shape index (κ1) is 14.0. The number of rotatable bonds is 4. The number of nitrogen functional groups attached to an aromatic ring is 1. The van der Waals surface area contributed by atoms with Gasteiger partial charge in [-0.15, -0.1) is 0 Å². The van der Waals surface area contributed by atoms with E-state index in [1.54, 1.807) is 23.9 Å². The largest absolute Gasteiger partial charge is 0.397 e. The van der Waals surface area contributed by atoms with Crippen LogP contribution in [0.1, 0.15) is 25.7 Å². The van der Waals surface area contributed by atoms with Crippen molar-refractivity contribution in [3.63, 3.8) is 0 Å². The third-order valence-corrected chi connectivity index (χ3v) is 3.13. The van der Waals surface area contributed by atoms with E-state index in [2.05, 4.69) is 10.3 Å². The van der Waals surface area contributed by atoms with E-state index in [-0.39, 0.29) is 11.6 Å². The zero-order valence-corrected chi connectivity index (χ0v) is 11.4. The monoisotopic (exact) mass is 276 g/mol. The van der Waals surface area contributed by atoms with Crippen LogP contribution in [-0.4, -0.2) is 15.5 Å². The smallest absolute Gasteiger partial charge is 0.247 e. The second-order valence-corrected chi connectivity index (χ2v) is 4.50. The van der Waals surface area contributed by atoms with Gasteiger partial charge in [-0.25, -0.2) is 9.37 Å². The van der Waals surface area contributed by atoms with Crippen LogP contribution in [0.2, 0.25) is 0 Å². The Labute approximate surface area is 116 Å². The number of halogens is 1. The standard InChI is InChI=1S/C14H17FN4O/c1-3-13-17-6-7-19(13)9(2)14(20)18-12-5-4-10(15)8-11(12)16/h4-9H,3,16H2,1-2H3,(H,18,20). The number of imidazole rings is 1. The SMILES string of the molecule is CCc1nccn1C(C)C(=O)Nc1ccc(F)cc1N. The maximum absolute atomic E-state index is 13.0. The van der Waals surface area contributed by atoms with Crippen LogP contribution in [0.15, 0.2) is 30.6 Å². The van der Waals surface area contributed by atoms with E-state index in [4.69, 9.17) is 5.73 Å². The number of benzene rings is 1. The Kier molecular flexibility index (Phi) is 4.02. The first-order chi connectivity index (χ1) is 9.52. The number of nitrogens with one attached hydrogen (secondary N) is 1. The Bertz CT molecular complexity index is 623. The van der Waals surface area contributed by atoms with Gasteiger partial charge < -0.3 is 15.6 Å². The van der Waals surface area contributed by atoms with Crippen LogP contribution < -0.4 is 11.1 Å². The molecule has 1 amide bonds. The summed E-state index contributed by atoms with van der Waals surface area (Å²) in [7, 11) is 0. The number of carbonyl (C=O) groups is 1. The van der Waals surface area contributed by atoms with Crippen molar-refractivity contribution in [3.8, 4) is 0 Å². The summed E-state index contributed by atoms with van der Waals surface area (Å²) in [5, 5.41) is 2.70. The molecule has 1 aromatic heterocycles. The van der Waals surface area contributed by atoms with Crippen molar-refractivity contribution in [2.24, 2.45) is 0 Å². The highest BCUT2D eigenvalue weighted by Crippen LogP contribution is 2.21. The summed E-state index contributed by atoms with van der Waals surface area (Å²) >= 11 is 0. The number of aromatic nitrogens is 2. The van der Waals surface area contributed by atoms with Gasteiger partial charge >= 0.3 is 0 Å². The summed E-state index contributed by atoms with van der Waals surface area (Å²) in [5.74, 6) is 0.173. The fourth-order valence-corrected chi connectivity index (χ4v) is 1.98. The van der Waals surface area contributed by atoms with Crippen LogP contribution in [0.3, 0.4) is 0 Å². The Morgan fingerprint density at radius 2 is 2.30 bits per heavy atom. The van der Waals surface area contributed by atoms with Gasteiger partial charge in [-0.2, -0.15) is 0 Å². The number of nitrogens with zero attached hydrogens (tertiary/aromatic N) is 2. The van der Waals surface area contributed by atoms with Gasteiger partial charge in [0, 0.05) is 18.8 Å². The number of hydrogen-bond acceptors (Lipinski definition) is 3. The molecule has 0 aliphatic heterocycles. The average molecular weight is 276 g/mol. The molecule has 1 aromatic carbocycles. The predicted octanol–water partition coefficient (Wildman–Crippen LogP) is 2.37. The lowest BCUT2D eigenvalue weighted by atomic mass is 10.2. The molecule has 1 atom stereocenters. The topological polar surface area (TPSA) is 72.9 Å². The summed E-state index contributed by atoms with van der Waals surface area (Å²) in [4.78, 5) is 16.4. The quantitative estimate of drug-likeness (QED) is 0.842. The molecule has 3 N–H and O–H groups in total. The molecule has 6 heteroatoms. The Hall–Kier alpha value is -2.37. The van der Waals surface area contributed by atoms with Gasteiger partial charge in [-0.05, 0) is 25.1 Å². The van der Waals surface area contributed by atoms with Crippen molar-refractivity contribution in [3.05, 3.63) is 42.2 Å². The third-order valence-electron chi connectivity index (χ3n) is 3.13. The van der Waals surface area contributed by atoms with E-state index in [0.717, 1.165) is 12.2 Å². The van der Waals surface area contributed by atoms with Crippen LogP contribution in [0.4, 0.5) is 15.8 Å². The van der Waals surface area contributed by atoms with Crippen molar-refractivity contribution in [1.82, 2.24) is 9.55 Å². The number of aryl methyl sites for hydroxylation is 1. The minimum Gasteiger partial charge on any atom is -0.397 e. The number of amides is 1. The third kappa shape index (κ3) is 2.79. The van der Waals surface area contributed by atoms with Crippen LogP contribution in [0.25, 0.3) is 0 Å². The molecule has 5 nitrogen and oxygen atoms in total. The predicted molar refractivity (Wildman–Crippen MR) is 75.8 cm³/mol. The summed E-state index contributed by atoms with van der Waals surface area (Å²) in [6.07, 6.45) is 4.16. The van der Waals surface area contributed by atoms with Gasteiger partial charge in [0.25, 0.3) is 0 Å². The van der Waals surface area contributed by atoms with E-state index in [1.165, 1.54) is 18.2 Å². The van der Waals surface area contributed by atoms with Gasteiger partial charge in [0.05, 0.1) is 11.4 Å². The van der Waals surface area contributed by atoms with Crippen LogP contribution in [0, 0.1) is 5.82 Å². The zero-order chi connectivity index (χ0) is 14.7. The van der Waals surface area contributed by atoms with Gasteiger partial charge in [0.1, 0.15) is 17.7 Å². The Balaban J connectivity index is 2.15. The van der Waals surface area contributed by atoms with Crippen molar-refractivity contribution >= 4 is 17.3 Å². The van der Waals surface area contributed by atoms with Gasteiger partial charge in [-0.1, -0.05) is 6.92 Å². The van der Waals surface area contributed by atoms with Gasteiger partial charge in [0.15, 0.2) is 0 Å². The molecular formula is C14H17FN4O. The lowest BCUT2D eigenvalue weighted by Gasteiger charge is -2.16. The molecule has 0 aliphatic carbocycles. The number of nitrogens with two attached hydrogens (primary N) is 1. The van der Waals surface area contributed by atoms with Gasteiger partial charge in [0.2, 0.25) is 5.91 Å². The molecule has 2 rings (SSSR count). The van der Waals surface area contributed by atoms with Crippen molar-refractivity contribution in [2.75, 3.05) is 11.1 Å². The van der Waals surface area contributed by atoms with E-state index in [1.807, 2.05) is 6.92 Å².